The summed E-state index contributed by atoms with van der Waals surface area (Å²) in [7, 11) is 1.28. The monoisotopic (exact) mass is 291 g/mol. The first-order valence-electron chi connectivity index (χ1n) is 5.80. The molecule has 0 aliphatic heterocycles. The summed E-state index contributed by atoms with van der Waals surface area (Å²) in [6.45, 7) is 1.78. The number of benzene rings is 1. The van der Waals surface area contributed by atoms with Gasteiger partial charge in [0.05, 0.1) is 18.4 Å². The zero-order valence-corrected chi connectivity index (χ0v) is 11.8. The predicted octanol–water partition coefficient (Wildman–Crippen LogP) is 2.80. The molecule has 0 aliphatic rings. The third-order valence-corrected chi connectivity index (χ3v) is 3.81. The van der Waals surface area contributed by atoms with E-state index in [4.69, 9.17) is 0 Å². The maximum atomic E-state index is 12.1. The molecule has 1 amide bonds. The molecule has 1 heterocycles. The van der Waals surface area contributed by atoms with Crippen LogP contribution >= 0.6 is 11.3 Å². The number of esters is 1. The molecule has 6 heteroatoms. The molecule has 2 rings (SSSR count). The molecule has 2 aromatic rings. The van der Waals surface area contributed by atoms with Gasteiger partial charge >= 0.3 is 5.97 Å². The lowest BCUT2D eigenvalue weighted by atomic mass is 10.1. The highest BCUT2D eigenvalue weighted by Crippen LogP contribution is 2.29. The molecule has 20 heavy (non-hydrogen) atoms. The Balaban J connectivity index is 2.31. The van der Waals surface area contributed by atoms with Crippen LogP contribution < -0.4 is 5.32 Å². The van der Waals surface area contributed by atoms with Gasteiger partial charge in [-0.3, -0.25) is 4.79 Å². The number of methoxy groups -OCH3 is 1. The van der Waals surface area contributed by atoms with Crippen molar-refractivity contribution in [2.24, 2.45) is 0 Å². The molecule has 0 spiro atoms. The Morgan fingerprint density at radius 1 is 1.30 bits per heavy atom. The van der Waals surface area contributed by atoms with E-state index < -0.39 is 11.9 Å². The second-order valence-electron chi connectivity index (χ2n) is 4.09. The molecule has 0 atom stereocenters. The van der Waals surface area contributed by atoms with Crippen molar-refractivity contribution < 1.29 is 19.4 Å². The smallest absolute Gasteiger partial charge is 0.350 e. The molecule has 104 valence electrons. The number of carbonyl (C=O) groups is 2. The Morgan fingerprint density at radius 2 is 2.00 bits per heavy atom. The van der Waals surface area contributed by atoms with Gasteiger partial charge < -0.3 is 15.2 Å². The minimum absolute atomic E-state index is 0.113. The van der Waals surface area contributed by atoms with E-state index >= 15 is 0 Å². The molecular weight excluding hydrogens is 278 g/mol. The van der Waals surface area contributed by atoms with Crippen LogP contribution in [0.5, 0.6) is 5.75 Å². The molecule has 0 bridgehead atoms. The number of thiophene rings is 1. The van der Waals surface area contributed by atoms with Crippen LogP contribution in [0.1, 0.15) is 25.6 Å². The molecule has 0 aliphatic carbocycles. The quantitative estimate of drug-likeness (QED) is 0.853. The van der Waals surface area contributed by atoms with Gasteiger partial charge in [-0.1, -0.05) is 12.1 Å². The number of hydrogen-bond acceptors (Lipinski definition) is 5. The highest BCUT2D eigenvalue weighted by molar-refractivity contribution is 7.12. The van der Waals surface area contributed by atoms with Gasteiger partial charge in [-0.2, -0.15) is 0 Å². The SMILES string of the molecule is COC(=O)c1scc(C)c1NC(=O)c1ccccc1O. The second kappa shape index (κ2) is 5.75. The summed E-state index contributed by atoms with van der Waals surface area (Å²) in [5, 5.41) is 14.1. The van der Waals surface area contributed by atoms with E-state index in [1.165, 1.54) is 30.6 Å². The Kier molecular flexibility index (Phi) is 4.05. The van der Waals surface area contributed by atoms with Crippen LogP contribution in [-0.4, -0.2) is 24.1 Å². The fourth-order valence-electron chi connectivity index (χ4n) is 1.69. The number of amides is 1. The van der Waals surface area contributed by atoms with Gasteiger partial charge in [0, 0.05) is 0 Å². The number of nitrogens with one attached hydrogen (secondary N) is 1. The fraction of sp³-hybridized carbons (Fsp3) is 0.143. The average molecular weight is 291 g/mol. The molecule has 1 aromatic carbocycles. The van der Waals surface area contributed by atoms with E-state index in [0.29, 0.717) is 10.6 Å². The molecular formula is C14H13NO4S. The van der Waals surface area contributed by atoms with Crippen LogP contribution in [0.2, 0.25) is 0 Å². The van der Waals surface area contributed by atoms with Crippen LogP contribution in [0, 0.1) is 6.92 Å². The number of phenolic OH excluding ortho intramolecular Hbond substituents is 1. The van der Waals surface area contributed by atoms with Crippen molar-refractivity contribution in [3.8, 4) is 5.75 Å². The number of carbonyl (C=O) groups excluding carboxylic acids is 2. The first-order chi connectivity index (χ1) is 9.54. The number of anilines is 1. The molecule has 0 saturated carbocycles. The Morgan fingerprint density at radius 3 is 2.65 bits per heavy atom. The second-order valence-corrected chi connectivity index (χ2v) is 4.97. The first-order valence-corrected chi connectivity index (χ1v) is 6.68. The van der Waals surface area contributed by atoms with Crippen LogP contribution in [0.3, 0.4) is 0 Å². The predicted molar refractivity (Wildman–Crippen MR) is 76.5 cm³/mol. The van der Waals surface area contributed by atoms with Crippen molar-refractivity contribution in [3.05, 3.63) is 45.6 Å². The third kappa shape index (κ3) is 2.65. The minimum atomic E-state index is -0.504. The molecule has 1 aromatic heterocycles. The van der Waals surface area contributed by atoms with E-state index in [2.05, 4.69) is 10.1 Å². The minimum Gasteiger partial charge on any atom is -0.507 e. The molecule has 0 radical (unpaired) electrons. The van der Waals surface area contributed by atoms with Crippen molar-refractivity contribution in [3.63, 3.8) is 0 Å². The Hall–Kier alpha value is -2.34. The summed E-state index contributed by atoms with van der Waals surface area (Å²) in [6, 6.07) is 6.21. The summed E-state index contributed by atoms with van der Waals surface area (Å²) in [5.41, 5.74) is 1.32. The van der Waals surface area contributed by atoms with Gasteiger partial charge in [0.1, 0.15) is 10.6 Å². The largest absolute Gasteiger partial charge is 0.507 e. The normalized spacial score (nSPS) is 10.1. The van der Waals surface area contributed by atoms with Crippen LogP contribution in [0.4, 0.5) is 5.69 Å². The van der Waals surface area contributed by atoms with E-state index in [1.54, 1.807) is 24.4 Å². The Labute approximate surface area is 119 Å². The van der Waals surface area contributed by atoms with Crippen molar-refractivity contribution in [2.75, 3.05) is 12.4 Å². The maximum Gasteiger partial charge on any atom is 0.350 e. The van der Waals surface area contributed by atoms with Crippen molar-refractivity contribution in [1.82, 2.24) is 0 Å². The highest BCUT2D eigenvalue weighted by Gasteiger charge is 2.20. The zero-order chi connectivity index (χ0) is 14.7. The number of aromatic hydroxyl groups is 1. The zero-order valence-electron chi connectivity index (χ0n) is 11.0. The molecule has 0 unspecified atom stereocenters. The van der Waals surface area contributed by atoms with Crippen molar-refractivity contribution in [1.29, 1.82) is 0 Å². The maximum absolute atomic E-state index is 12.1. The van der Waals surface area contributed by atoms with Crippen molar-refractivity contribution >= 4 is 28.9 Å². The molecule has 2 N–H and O–H groups in total. The topological polar surface area (TPSA) is 75.6 Å². The summed E-state index contributed by atoms with van der Waals surface area (Å²) in [4.78, 5) is 24.1. The van der Waals surface area contributed by atoms with Gasteiger partial charge in [-0.15, -0.1) is 11.3 Å². The van der Waals surface area contributed by atoms with Crippen LogP contribution in [-0.2, 0) is 4.74 Å². The number of ether oxygens (including phenoxy) is 1. The standard InChI is InChI=1S/C14H13NO4S/c1-8-7-20-12(14(18)19-2)11(8)15-13(17)9-5-3-4-6-10(9)16/h3-7,16H,1-2H3,(H,15,17). The lowest BCUT2D eigenvalue weighted by Crippen LogP contribution is -2.14. The van der Waals surface area contributed by atoms with Crippen molar-refractivity contribution in [2.45, 2.75) is 6.92 Å². The summed E-state index contributed by atoms with van der Waals surface area (Å²) in [6.07, 6.45) is 0. The van der Waals surface area contributed by atoms with Gasteiger partial charge in [0.15, 0.2) is 0 Å². The molecule has 0 saturated heterocycles. The van der Waals surface area contributed by atoms with Gasteiger partial charge in [0.2, 0.25) is 0 Å². The summed E-state index contributed by atoms with van der Waals surface area (Å²) < 4.78 is 4.67. The fourth-order valence-corrected chi connectivity index (χ4v) is 2.61. The Bertz CT molecular complexity index is 663. The lowest BCUT2D eigenvalue weighted by molar-refractivity contribution is 0.0607. The lowest BCUT2D eigenvalue weighted by Gasteiger charge is -2.08. The average Bonchev–Trinajstić information content (AvgIpc) is 2.80. The highest BCUT2D eigenvalue weighted by atomic mass is 32.1. The van der Waals surface area contributed by atoms with E-state index in [-0.39, 0.29) is 11.3 Å². The van der Waals surface area contributed by atoms with Crippen LogP contribution in [0.15, 0.2) is 29.6 Å². The number of para-hydroxylation sites is 1. The van der Waals surface area contributed by atoms with Crippen LogP contribution in [0.25, 0.3) is 0 Å². The summed E-state index contributed by atoms with van der Waals surface area (Å²) in [5.74, 6) is -1.09. The van der Waals surface area contributed by atoms with E-state index in [1.807, 2.05) is 0 Å². The van der Waals surface area contributed by atoms with Gasteiger partial charge in [-0.05, 0) is 30.0 Å². The number of rotatable bonds is 3. The molecule has 0 fully saturated rings. The van der Waals surface area contributed by atoms with Gasteiger partial charge in [-0.25, -0.2) is 4.79 Å². The number of hydrogen-bond donors (Lipinski definition) is 2. The van der Waals surface area contributed by atoms with E-state index in [0.717, 1.165) is 5.56 Å². The van der Waals surface area contributed by atoms with E-state index in [9.17, 15) is 14.7 Å². The third-order valence-electron chi connectivity index (χ3n) is 2.73. The first kappa shape index (κ1) is 14.1. The number of aryl methyl sites for hydroxylation is 1. The number of phenols is 1. The van der Waals surface area contributed by atoms with Gasteiger partial charge in [0.25, 0.3) is 5.91 Å². The molecule has 5 nitrogen and oxygen atoms in total. The summed E-state index contributed by atoms with van der Waals surface area (Å²) >= 11 is 1.20.